The molecule has 2 aromatic rings. The molecular formula is C17H13O4P. The van der Waals surface area contributed by atoms with Gasteiger partial charge in [0.1, 0.15) is 0 Å². The molecule has 4 nitrogen and oxygen atoms in total. The van der Waals surface area contributed by atoms with Crippen LogP contribution in [0.15, 0.2) is 72.1 Å². The molecule has 1 aliphatic rings. The molecule has 110 valence electrons. The van der Waals surface area contributed by atoms with E-state index in [1.165, 1.54) is 5.82 Å². The average molecular weight is 312 g/mol. The number of ether oxygens (including phenoxy) is 1. The van der Waals surface area contributed by atoms with Crippen LogP contribution in [0.25, 0.3) is 0 Å². The molecular weight excluding hydrogens is 299 g/mol. The van der Waals surface area contributed by atoms with Crippen LogP contribution >= 0.6 is 7.14 Å². The Hall–Kier alpha value is -2.45. The van der Waals surface area contributed by atoms with Crippen LogP contribution < -0.4 is 10.6 Å². The van der Waals surface area contributed by atoms with Gasteiger partial charge in [-0.2, -0.15) is 0 Å². The van der Waals surface area contributed by atoms with E-state index in [1.54, 1.807) is 48.5 Å². The third-order valence-electron chi connectivity index (χ3n) is 3.42. The highest BCUT2D eigenvalue weighted by atomic mass is 31.2. The Morgan fingerprint density at radius 3 is 1.77 bits per heavy atom. The van der Waals surface area contributed by atoms with Gasteiger partial charge in [-0.3, -0.25) is 4.79 Å². The van der Waals surface area contributed by atoms with Crippen LogP contribution in [0.2, 0.25) is 0 Å². The van der Waals surface area contributed by atoms with E-state index < -0.39 is 19.1 Å². The lowest BCUT2D eigenvalue weighted by Gasteiger charge is -2.15. The molecule has 0 aliphatic carbocycles. The van der Waals surface area contributed by atoms with Gasteiger partial charge in [0.05, 0.1) is 12.0 Å². The van der Waals surface area contributed by atoms with Gasteiger partial charge in [0.25, 0.3) is 0 Å². The Morgan fingerprint density at radius 1 is 0.864 bits per heavy atom. The standard InChI is InChI=1S/C17H13O4P/c18-16-11-13(17(19)21-16)12-22(20,14-7-3-1-4-8-14)15-9-5-2-6-10-15/h1-10,12H,11H2. The molecule has 0 bridgehead atoms. The van der Waals surface area contributed by atoms with E-state index in [1.807, 2.05) is 12.1 Å². The summed E-state index contributed by atoms with van der Waals surface area (Å²) in [5.41, 5.74) is 0.154. The molecule has 5 heteroatoms. The summed E-state index contributed by atoms with van der Waals surface area (Å²) < 4.78 is 18.2. The lowest BCUT2D eigenvalue weighted by Crippen LogP contribution is -2.15. The van der Waals surface area contributed by atoms with Gasteiger partial charge in [0.15, 0.2) is 7.14 Å². The number of esters is 2. The number of cyclic esters (lactones) is 2. The van der Waals surface area contributed by atoms with E-state index in [0.717, 1.165) is 0 Å². The molecule has 0 atom stereocenters. The maximum absolute atomic E-state index is 13.6. The molecule has 0 spiro atoms. The Labute approximate surface area is 127 Å². The van der Waals surface area contributed by atoms with Gasteiger partial charge in [0, 0.05) is 10.6 Å². The summed E-state index contributed by atoms with van der Waals surface area (Å²) in [5, 5.41) is 1.22. The van der Waals surface area contributed by atoms with Crippen molar-refractivity contribution in [3.05, 3.63) is 72.1 Å². The maximum Gasteiger partial charge on any atom is 0.342 e. The Bertz CT molecular complexity index is 750. The first-order chi connectivity index (χ1) is 10.6. The minimum atomic E-state index is -3.15. The first-order valence-corrected chi connectivity index (χ1v) is 8.55. The van der Waals surface area contributed by atoms with Crippen LogP contribution in [-0.2, 0) is 18.9 Å². The number of rotatable bonds is 3. The zero-order valence-electron chi connectivity index (χ0n) is 11.6. The predicted molar refractivity (Wildman–Crippen MR) is 83.6 cm³/mol. The third-order valence-corrected chi connectivity index (χ3v) is 6.23. The second-order valence-corrected chi connectivity index (χ2v) is 7.53. The van der Waals surface area contributed by atoms with Crippen molar-refractivity contribution < 1.29 is 18.9 Å². The quantitative estimate of drug-likeness (QED) is 0.378. The van der Waals surface area contributed by atoms with E-state index in [0.29, 0.717) is 10.6 Å². The Morgan fingerprint density at radius 2 is 1.36 bits per heavy atom. The highest BCUT2D eigenvalue weighted by molar-refractivity contribution is 7.81. The number of benzene rings is 2. The fourth-order valence-corrected chi connectivity index (χ4v) is 4.81. The van der Waals surface area contributed by atoms with Crippen molar-refractivity contribution >= 4 is 29.7 Å². The molecule has 0 radical (unpaired) electrons. The first-order valence-electron chi connectivity index (χ1n) is 6.77. The van der Waals surface area contributed by atoms with Crippen LogP contribution in [0.3, 0.4) is 0 Å². The lowest BCUT2D eigenvalue weighted by atomic mass is 10.3. The number of hydrogen-bond acceptors (Lipinski definition) is 4. The molecule has 0 aromatic heterocycles. The van der Waals surface area contributed by atoms with Crippen molar-refractivity contribution in [3.63, 3.8) is 0 Å². The van der Waals surface area contributed by atoms with E-state index in [4.69, 9.17) is 0 Å². The largest absolute Gasteiger partial charge is 0.389 e. The van der Waals surface area contributed by atoms with Gasteiger partial charge in [0.2, 0.25) is 0 Å². The summed E-state index contributed by atoms with van der Waals surface area (Å²) >= 11 is 0. The van der Waals surface area contributed by atoms with Crippen molar-refractivity contribution in [2.45, 2.75) is 6.42 Å². The Kier molecular flexibility index (Phi) is 3.78. The lowest BCUT2D eigenvalue weighted by molar-refractivity contribution is -0.151. The monoisotopic (exact) mass is 312 g/mol. The first kappa shape index (κ1) is 14.5. The minimum absolute atomic E-state index is 0.136. The molecule has 0 saturated carbocycles. The topological polar surface area (TPSA) is 60.4 Å². The smallest absolute Gasteiger partial charge is 0.342 e. The highest BCUT2D eigenvalue weighted by Crippen LogP contribution is 2.47. The molecule has 3 rings (SSSR count). The maximum atomic E-state index is 13.6. The summed E-state index contributed by atoms with van der Waals surface area (Å²) in [6.07, 6.45) is -0.136. The van der Waals surface area contributed by atoms with E-state index in [-0.39, 0.29) is 12.0 Å². The molecule has 0 amide bonds. The fourth-order valence-electron chi connectivity index (χ4n) is 2.35. The fraction of sp³-hybridized carbons (Fsp3) is 0.0588. The molecule has 1 fully saturated rings. The van der Waals surface area contributed by atoms with Gasteiger partial charge in [-0.15, -0.1) is 0 Å². The minimum Gasteiger partial charge on any atom is -0.389 e. The third kappa shape index (κ3) is 2.66. The predicted octanol–water partition coefficient (Wildman–Crippen LogP) is 2.36. The normalized spacial score (nSPS) is 16.8. The zero-order valence-corrected chi connectivity index (χ0v) is 12.5. The molecule has 1 heterocycles. The molecule has 2 aromatic carbocycles. The number of carbonyl (C=O) groups excluding carboxylic acids is 2. The van der Waals surface area contributed by atoms with Gasteiger partial charge in [-0.1, -0.05) is 60.7 Å². The van der Waals surface area contributed by atoms with Crippen molar-refractivity contribution in [2.75, 3.05) is 0 Å². The summed E-state index contributed by atoms with van der Waals surface area (Å²) in [6, 6.07) is 17.9. The van der Waals surface area contributed by atoms with Crippen LogP contribution in [0.1, 0.15) is 6.42 Å². The molecule has 0 unspecified atom stereocenters. The molecule has 0 N–H and O–H groups in total. The summed E-state index contributed by atoms with van der Waals surface area (Å²) in [7, 11) is -3.15. The van der Waals surface area contributed by atoms with Crippen molar-refractivity contribution in [2.24, 2.45) is 0 Å². The van der Waals surface area contributed by atoms with Gasteiger partial charge in [-0.25, -0.2) is 4.79 Å². The van der Waals surface area contributed by atoms with Crippen molar-refractivity contribution in [1.82, 2.24) is 0 Å². The average Bonchev–Trinajstić information content (AvgIpc) is 2.86. The summed E-state index contributed by atoms with van der Waals surface area (Å²) in [4.78, 5) is 22.9. The summed E-state index contributed by atoms with van der Waals surface area (Å²) in [6.45, 7) is 0. The van der Waals surface area contributed by atoms with Crippen LogP contribution in [0, 0.1) is 0 Å². The van der Waals surface area contributed by atoms with Gasteiger partial charge >= 0.3 is 11.9 Å². The van der Waals surface area contributed by atoms with Crippen LogP contribution in [-0.4, -0.2) is 11.9 Å². The second kappa shape index (κ2) is 5.74. The van der Waals surface area contributed by atoms with Crippen molar-refractivity contribution in [3.8, 4) is 0 Å². The molecule has 22 heavy (non-hydrogen) atoms. The summed E-state index contributed by atoms with van der Waals surface area (Å²) in [5.74, 6) is 0.0891. The molecule has 1 aliphatic heterocycles. The number of carbonyl (C=O) groups is 2. The highest BCUT2D eigenvalue weighted by Gasteiger charge is 2.32. The number of hydrogen-bond donors (Lipinski definition) is 0. The van der Waals surface area contributed by atoms with Crippen molar-refractivity contribution in [1.29, 1.82) is 0 Å². The van der Waals surface area contributed by atoms with Crippen LogP contribution in [0.4, 0.5) is 0 Å². The van der Waals surface area contributed by atoms with Gasteiger partial charge < -0.3 is 9.30 Å². The second-order valence-electron chi connectivity index (χ2n) is 4.92. The van der Waals surface area contributed by atoms with E-state index >= 15 is 0 Å². The zero-order chi connectivity index (χ0) is 15.6. The van der Waals surface area contributed by atoms with E-state index in [2.05, 4.69) is 4.74 Å². The van der Waals surface area contributed by atoms with Crippen LogP contribution in [0.5, 0.6) is 0 Å². The van der Waals surface area contributed by atoms with E-state index in [9.17, 15) is 14.2 Å². The van der Waals surface area contributed by atoms with Gasteiger partial charge in [-0.05, 0) is 5.82 Å². The Balaban J connectivity index is 2.17. The SMILES string of the molecule is O=C1CC(=CP(=O)(c2ccccc2)c2ccccc2)C(=O)O1. The molecule has 1 saturated heterocycles.